The smallest absolute Gasteiger partial charge is 0.340 e. The molecule has 0 aromatic heterocycles. The number of methoxy groups -OCH3 is 1. The Hall–Kier alpha value is -4.13. The molecule has 0 aliphatic carbocycles. The molecule has 0 saturated heterocycles. The summed E-state index contributed by atoms with van der Waals surface area (Å²) in [5.41, 5.74) is 1.24. The lowest BCUT2D eigenvalue weighted by atomic mass is 10.1. The van der Waals surface area contributed by atoms with E-state index in [4.69, 9.17) is 9.47 Å². The lowest BCUT2D eigenvalue weighted by Gasteiger charge is -2.19. The number of carbonyl (C=O) groups is 3. The predicted molar refractivity (Wildman–Crippen MR) is 124 cm³/mol. The number of nitrogens with zero attached hydrogens (tertiary/aromatic N) is 1. The molecule has 166 valence electrons. The van der Waals surface area contributed by atoms with Crippen LogP contribution in [-0.2, 0) is 14.3 Å². The Balaban J connectivity index is 2.01. The zero-order valence-electron chi connectivity index (χ0n) is 18.0. The first-order chi connectivity index (χ1) is 15.5. The van der Waals surface area contributed by atoms with Gasteiger partial charge in [0.1, 0.15) is 5.75 Å². The number of rotatable bonds is 11. The van der Waals surface area contributed by atoms with Gasteiger partial charge in [-0.3, -0.25) is 9.59 Å². The minimum Gasteiger partial charge on any atom is -0.497 e. The van der Waals surface area contributed by atoms with Crippen LogP contribution in [0.5, 0.6) is 5.75 Å². The van der Waals surface area contributed by atoms with Gasteiger partial charge in [-0.15, -0.1) is 13.2 Å². The second-order valence-corrected chi connectivity index (χ2v) is 6.59. The maximum absolute atomic E-state index is 12.5. The van der Waals surface area contributed by atoms with Gasteiger partial charge >= 0.3 is 5.97 Å². The molecule has 1 N–H and O–H groups in total. The van der Waals surface area contributed by atoms with Crippen molar-refractivity contribution in [1.82, 2.24) is 4.90 Å². The average Bonchev–Trinajstić information content (AvgIpc) is 2.81. The maximum atomic E-state index is 12.5. The largest absolute Gasteiger partial charge is 0.497 e. The normalized spacial score (nSPS) is 10.3. The number of benzene rings is 2. The van der Waals surface area contributed by atoms with Crippen molar-refractivity contribution < 1.29 is 23.9 Å². The Labute approximate surface area is 187 Å². The molecular weight excluding hydrogens is 408 g/mol. The summed E-state index contributed by atoms with van der Waals surface area (Å²) in [6.45, 7) is 7.40. The van der Waals surface area contributed by atoms with Crippen LogP contribution in [0.3, 0.4) is 0 Å². The van der Waals surface area contributed by atoms with Crippen LogP contribution >= 0.6 is 0 Å². The fraction of sp³-hybridized carbons (Fsp3) is 0.160. The second kappa shape index (κ2) is 12.5. The fourth-order valence-corrected chi connectivity index (χ4v) is 2.72. The zero-order valence-corrected chi connectivity index (χ0v) is 18.0. The molecule has 7 nitrogen and oxygen atoms in total. The highest BCUT2D eigenvalue weighted by Gasteiger charge is 2.17. The summed E-state index contributed by atoms with van der Waals surface area (Å²) in [6.07, 6.45) is 6.15. The van der Waals surface area contributed by atoms with Crippen LogP contribution in [0.25, 0.3) is 6.08 Å². The summed E-state index contributed by atoms with van der Waals surface area (Å²) in [7, 11) is 1.58. The molecule has 32 heavy (non-hydrogen) atoms. The highest BCUT2D eigenvalue weighted by atomic mass is 16.5. The summed E-state index contributed by atoms with van der Waals surface area (Å²) >= 11 is 0. The molecular formula is C25H26N2O5. The molecule has 0 fully saturated rings. The van der Waals surface area contributed by atoms with Crippen molar-refractivity contribution in [2.24, 2.45) is 0 Å². The first-order valence-corrected chi connectivity index (χ1v) is 9.87. The number of para-hydroxylation sites is 1. The van der Waals surface area contributed by atoms with E-state index in [0.29, 0.717) is 13.1 Å². The number of carbonyl (C=O) groups excluding carboxylic acids is 3. The van der Waals surface area contributed by atoms with Gasteiger partial charge in [0.15, 0.2) is 6.61 Å². The average molecular weight is 434 g/mol. The SMILES string of the molecule is C=CCN(CC=C)C(=O)COC(=O)c1ccccc1NC(=O)/C=C/c1ccc(OC)cc1. The number of nitrogens with one attached hydrogen (secondary N) is 1. The van der Waals surface area contributed by atoms with Crippen molar-refractivity contribution >= 4 is 29.5 Å². The molecule has 0 heterocycles. The molecule has 0 bridgehead atoms. The molecule has 0 spiro atoms. The number of hydrogen-bond donors (Lipinski definition) is 1. The lowest BCUT2D eigenvalue weighted by molar-refractivity contribution is -0.133. The fourth-order valence-electron chi connectivity index (χ4n) is 2.72. The van der Waals surface area contributed by atoms with E-state index in [0.717, 1.165) is 11.3 Å². The van der Waals surface area contributed by atoms with Gasteiger partial charge in [0, 0.05) is 19.2 Å². The zero-order chi connectivity index (χ0) is 23.3. The molecule has 0 aliphatic rings. The van der Waals surface area contributed by atoms with Crippen molar-refractivity contribution in [3.8, 4) is 5.75 Å². The lowest BCUT2D eigenvalue weighted by Crippen LogP contribution is -2.35. The minimum atomic E-state index is -0.717. The van der Waals surface area contributed by atoms with E-state index in [1.165, 1.54) is 17.0 Å². The summed E-state index contributed by atoms with van der Waals surface area (Å²) in [4.78, 5) is 38.5. The monoisotopic (exact) mass is 434 g/mol. The van der Waals surface area contributed by atoms with Crippen molar-refractivity contribution in [2.75, 3.05) is 32.1 Å². The number of hydrogen-bond acceptors (Lipinski definition) is 5. The van der Waals surface area contributed by atoms with E-state index in [2.05, 4.69) is 18.5 Å². The second-order valence-electron chi connectivity index (χ2n) is 6.59. The van der Waals surface area contributed by atoms with E-state index < -0.39 is 18.5 Å². The van der Waals surface area contributed by atoms with E-state index >= 15 is 0 Å². The Bertz CT molecular complexity index is 986. The van der Waals surface area contributed by atoms with Crippen molar-refractivity contribution in [3.05, 3.63) is 91.0 Å². The predicted octanol–water partition coefficient (Wildman–Crippen LogP) is 3.70. The third-order valence-electron chi connectivity index (χ3n) is 4.33. The first-order valence-electron chi connectivity index (χ1n) is 9.87. The Kier molecular flexibility index (Phi) is 9.46. The van der Waals surface area contributed by atoms with Crippen molar-refractivity contribution in [2.45, 2.75) is 0 Å². The van der Waals surface area contributed by atoms with Gasteiger partial charge in [0.25, 0.3) is 5.91 Å². The van der Waals surface area contributed by atoms with Crippen LogP contribution in [0, 0.1) is 0 Å². The van der Waals surface area contributed by atoms with Gasteiger partial charge in [0.05, 0.1) is 18.4 Å². The minimum absolute atomic E-state index is 0.144. The van der Waals surface area contributed by atoms with Crippen LogP contribution in [-0.4, -0.2) is 49.5 Å². The topological polar surface area (TPSA) is 84.9 Å². The molecule has 2 amide bonds. The Morgan fingerprint density at radius 1 is 1.00 bits per heavy atom. The quantitative estimate of drug-likeness (QED) is 0.331. The maximum Gasteiger partial charge on any atom is 0.340 e. The molecule has 7 heteroatoms. The number of esters is 1. The van der Waals surface area contributed by atoms with E-state index in [-0.39, 0.29) is 17.2 Å². The van der Waals surface area contributed by atoms with Crippen LogP contribution in [0.4, 0.5) is 5.69 Å². The van der Waals surface area contributed by atoms with E-state index in [9.17, 15) is 14.4 Å². The highest BCUT2D eigenvalue weighted by Crippen LogP contribution is 2.17. The summed E-state index contributed by atoms with van der Waals surface area (Å²) in [5, 5.41) is 2.66. The molecule has 2 aromatic carbocycles. The first kappa shape index (κ1) is 24.1. The number of anilines is 1. The van der Waals surface area contributed by atoms with Crippen LogP contribution in [0.1, 0.15) is 15.9 Å². The van der Waals surface area contributed by atoms with Gasteiger partial charge < -0.3 is 19.7 Å². The third-order valence-corrected chi connectivity index (χ3v) is 4.33. The van der Waals surface area contributed by atoms with E-state index in [1.54, 1.807) is 55.7 Å². The highest BCUT2D eigenvalue weighted by molar-refractivity contribution is 6.06. The van der Waals surface area contributed by atoms with Crippen molar-refractivity contribution in [1.29, 1.82) is 0 Å². The summed E-state index contributed by atoms with van der Waals surface area (Å²) < 4.78 is 10.3. The molecule has 0 saturated carbocycles. The van der Waals surface area contributed by atoms with Crippen LogP contribution in [0.15, 0.2) is 79.9 Å². The standard InChI is InChI=1S/C25H26N2O5/c1-4-16-27(17-5-2)24(29)18-32-25(30)21-8-6-7-9-22(21)26-23(28)15-12-19-10-13-20(31-3)14-11-19/h4-15H,1-2,16-18H2,3H3,(H,26,28)/b15-12+. The van der Waals surface area contributed by atoms with Crippen LogP contribution < -0.4 is 10.1 Å². The van der Waals surface area contributed by atoms with Gasteiger partial charge in [-0.1, -0.05) is 36.4 Å². The van der Waals surface area contributed by atoms with Gasteiger partial charge in [-0.05, 0) is 35.9 Å². The van der Waals surface area contributed by atoms with Gasteiger partial charge in [0.2, 0.25) is 5.91 Å². The Morgan fingerprint density at radius 3 is 2.28 bits per heavy atom. The van der Waals surface area contributed by atoms with Crippen LogP contribution in [0.2, 0.25) is 0 Å². The molecule has 2 aromatic rings. The number of ether oxygens (including phenoxy) is 2. The summed E-state index contributed by atoms with van der Waals surface area (Å²) in [6, 6.07) is 13.6. The molecule has 0 atom stereocenters. The molecule has 0 unspecified atom stereocenters. The van der Waals surface area contributed by atoms with Crippen molar-refractivity contribution in [3.63, 3.8) is 0 Å². The van der Waals surface area contributed by atoms with Gasteiger partial charge in [-0.2, -0.15) is 0 Å². The molecule has 2 rings (SSSR count). The number of amides is 2. The van der Waals surface area contributed by atoms with Gasteiger partial charge in [-0.25, -0.2) is 4.79 Å². The molecule has 0 aliphatic heterocycles. The Morgan fingerprint density at radius 2 is 1.66 bits per heavy atom. The molecule has 0 radical (unpaired) electrons. The summed E-state index contributed by atoms with van der Waals surface area (Å²) in [5.74, 6) is -0.789. The third kappa shape index (κ3) is 7.28. The van der Waals surface area contributed by atoms with E-state index in [1.807, 2.05) is 12.1 Å².